The maximum atomic E-state index is 4.50. The first kappa shape index (κ1) is 27.7. The Balaban J connectivity index is -0.000000285. The standard InChI is InChI=1S/C10H8.C7H8.2C2H6.2CH5N/c1-2-6-10-8-4-3-7-9(10)5-1;1-7-5-3-2-4-6-7;4*1-2/h1-8H;2-6H,1H3;2*1-2H3;2*2H2,1H3. The van der Waals surface area contributed by atoms with Crippen molar-refractivity contribution in [3.8, 4) is 0 Å². The Hall–Kier alpha value is -2.16. The molecule has 3 rings (SSSR count). The summed E-state index contributed by atoms with van der Waals surface area (Å²) in [6.45, 7) is 10.1. The van der Waals surface area contributed by atoms with Crippen LogP contribution in [0.2, 0.25) is 0 Å². The van der Waals surface area contributed by atoms with Crippen molar-refractivity contribution in [2.24, 2.45) is 11.5 Å². The number of benzene rings is 3. The zero-order valence-corrected chi connectivity index (χ0v) is 17.2. The van der Waals surface area contributed by atoms with Crippen molar-refractivity contribution in [1.29, 1.82) is 0 Å². The van der Waals surface area contributed by atoms with Gasteiger partial charge < -0.3 is 11.5 Å². The molecule has 0 spiro atoms. The van der Waals surface area contributed by atoms with Crippen LogP contribution in [0.15, 0.2) is 78.9 Å². The van der Waals surface area contributed by atoms with E-state index in [9.17, 15) is 0 Å². The molecule has 0 aliphatic carbocycles. The highest BCUT2D eigenvalue weighted by Crippen LogP contribution is 2.11. The third-order valence-corrected chi connectivity index (χ3v) is 2.60. The van der Waals surface area contributed by atoms with E-state index in [0.29, 0.717) is 0 Å². The number of fused-ring (bicyclic) bond motifs is 1. The van der Waals surface area contributed by atoms with E-state index in [1.54, 1.807) is 0 Å². The average molecular weight is 343 g/mol. The summed E-state index contributed by atoms with van der Waals surface area (Å²) in [5.41, 5.74) is 10.3. The van der Waals surface area contributed by atoms with E-state index in [2.05, 4.69) is 79.1 Å². The van der Waals surface area contributed by atoms with Crippen LogP contribution in [-0.4, -0.2) is 14.1 Å². The zero-order valence-electron chi connectivity index (χ0n) is 17.2. The number of nitrogens with two attached hydrogens (primary N) is 2. The van der Waals surface area contributed by atoms with Gasteiger partial charge in [-0.25, -0.2) is 0 Å². The molecule has 0 bridgehead atoms. The molecule has 0 aromatic heterocycles. The number of aryl methyl sites for hydroxylation is 1. The van der Waals surface area contributed by atoms with Crippen LogP contribution in [0.3, 0.4) is 0 Å². The minimum absolute atomic E-state index is 1.31. The number of rotatable bonds is 0. The van der Waals surface area contributed by atoms with Gasteiger partial charge in [0.25, 0.3) is 0 Å². The van der Waals surface area contributed by atoms with Gasteiger partial charge in [-0.1, -0.05) is 112 Å². The summed E-state index contributed by atoms with van der Waals surface area (Å²) in [4.78, 5) is 0. The number of hydrogen-bond acceptors (Lipinski definition) is 2. The highest BCUT2D eigenvalue weighted by atomic mass is 14.4. The molecule has 0 aliphatic heterocycles. The molecule has 0 saturated carbocycles. The monoisotopic (exact) mass is 342 g/mol. The molecule has 0 aliphatic rings. The van der Waals surface area contributed by atoms with Gasteiger partial charge in [-0.3, -0.25) is 0 Å². The van der Waals surface area contributed by atoms with Gasteiger partial charge in [0.1, 0.15) is 0 Å². The molecule has 0 heterocycles. The highest BCUT2D eigenvalue weighted by molar-refractivity contribution is 5.81. The average Bonchev–Trinajstić information content (AvgIpc) is 2.75. The lowest BCUT2D eigenvalue weighted by molar-refractivity contribution is 1.48. The lowest BCUT2D eigenvalue weighted by Gasteiger charge is -1.92. The normalized spacial score (nSPS) is 7.40. The van der Waals surface area contributed by atoms with Gasteiger partial charge in [0.15, 0.2) is 0 Å². The Labute approximate surface area is 155 Å². The van der Waals surface area contributed by atoms with Crippen LogP contribution in [-0.2, 0) is 0 Å². The van der Waals surface area contributed by atoms with Crippen LogP contribution in [0.1, 0.15) is 33.3 Å². The lowest BCUT2D eigenvalue weighted by atomic mass is 10.1. The van der Waals surface area contributed by atoms with Crippen LogP contribution < -0.4 is 11.5 Å². The van der Waals surface area contributed by atoms with Gasteiger partial charge in [0.2, 0.25) is 0 Å². The fourth-order valence-corrected chi connectivity index (χ4v) is 1.67. The van der Waals surface area contributed by atoms with Crippen molar-refractivity contribution in [3.63, 3.8) is 0 Å². The van der Waals surface area contributed by atoms with E-state index < -0.39 is 0 Å². The molecule has 140 valence electrons. The minimum Gasteiger partial charge on any atom is -0.333 e. The second kappa shape index (κ2) is 24.1. The zero-order chi connectivity index (χ0) is 19.9. The maximum Gasteiger partial charge on any atom is -0.0184 e. The van der Waals surface area contributed by atoms with Crippen LogP contribution in [0.4, 0.5) is 0 Å². The van der Waals surface area contributed by atoms with Crippen LogP contribution in [0.5, 0.6) is 0 Å². The minimum atomic E-state index is 1.31. The van der Waals surface area contributed by atoms with Crippen LogP contribution >= 0.6 is 0 Å². The van der Waals surface area contributed by atoms with Gasteiger partial charge in [0.05, 0.1) is 0 Å². The van der Waals surface area contributed by atoms with Crippen molar-refractivity contribution >= 4 is 10.8 Å². The SMILES string of the molecule is CC.CC.CN.CN.Cc1ccccc1.c1ccc2ccccc2c1. The highest BCUT2D eigenvalue weighted by Gasteiger charge is 1.85. The number of hydrogen-bond donors (Lipinski definition) is 2. The molecular formula is C23H38N2. The van der Waals surface area contributed by atoms with Crippen molar-refractivity contribution < 1.29 is 0 Å². The Morgan fingerprint density at radius 1 is 0.440 bits per heavy atom. The van der Waals surface area contributed by atoms with E-state index in [1.807, 2.05) is 45.9 Å². The Morgan fingerprint density at radius 2 is 0.680 bits per heavy atom. The predicted molar refractivity (Wildman–Crippen MR) is 118 cm³/mol. The second-order valence-corrected chi connectivity index (χ2v) is 4.00. The summed E-state index contributed by atoms with van der Waals surface area (Å²) in [7, 11) is 3.00. The summed E-state index contributed by atoms with van der Waals surface area (Å²) in [6.07, 6.45) is 0. The van der Waals surface area contributed by atoms with Crippen LogP contribution in [0.25, 0.3) is 10.8 Å². The van der Waals surface area contributed by atoms with E-state index in [-0.39, 0.29) is 0 Å². The molecule has 2 nitrogen and oxygen atoms in total. The van der Waals surface area contributed by atoms with Gasteiger partial charge in [-0.2, -0.15) is 0 Å². The summed E-state index contributed by atoms with van der Waals surface area (Å²) in [6, 6.07) is 27.0. The maximum absolute atomic E-state index is 4.50. The van der Waals surface area contributed by atoms with Gasteiger partial charge >= 0.3 is 0 Å². The first-order valence-corrected chi connectivity index (χ1v) is 8.97. The topological polar surface area (TPSA) is 52.0 Å². The fourth-order valence-electron chi connectivity index (χ4n) is 1.67. The fraction of sp³-hybridized carbons (Fsp3) is 0.304. The van der Waals surface area contributed by atoms with Gasteiger partial charge in [0, 0.05) is 0 Å². The van der Waals surface area contributed by atoms with Gasteiger partial charge in [-0.15, -0.1) is 0 Å². The molecule has 0 unspecified atom stereocenters. The lowest BCUT2D eigenvalue weighted by Crippen LogP contribution is -1.69. The molecule has 0 saturated heterocycles. The van der Waals surface area contributed by atoms with Crippen molar-refractivity contribution in [2.45, 2.75) is 34.6 Å². The van der Waals surface area contributed by atoms with E-state index in [1.165, 1.54) is 30.4 Å². The van der Waals surface area contributed by atoms with Crippen molar-refractivity contribution in [1.82, 2.24) is 0 Å². The van der Waals surface area contributed by atoms with Gasteiger partial charge in [-0.05, 0) is 31.8 Å². The molecule has 25 heavy (non-hydrogen) atoms. The Bertz CT molecular complexity index is 512. The smallest absolute Gasteiger partial charge is 0.0184 e. The van der Waals surface area contributed by atoms with E-state index in [4.69, 9.17) is 0 Å². The second-order valence-electron chi connectivity index (χ2n) is 4.00. The summed E-state index contributed by atoms with van der Waals surface area (Å²) >= 11 is 0. The molecule has 3 aromatic rings. The molecule has 0 atom stereocenters. The first-order valence-electron chi connectivity index (χ1n) is 8.97. The predicted octanol–water partition coefficient (Wildman–Crippen LogP) is 6.04. The molecule has 0 amide bonds. The summed E-state index contributed by atoms with van der Waals surface area (Å²) in [5, 5.41) is 2.62. The van der Waals surface area contributed by atoms with Crippen molar-refractivity contribution in [2.75, 3.05) is 14.1 Å². The molecule has 0 fully saturated rings. The molecule has 4 N–H and O–H groups in total. The Kier molecular flexibility index (Phi) is 26.7. The van der Waals surface area contributed by atoms with Crippen molar-refractivity contribution in [3.05, 3.63) is 84.4 Å². The third kappa shape index (κ3) is 15.1. The molecule has 2 heteroatoms. The molecular weight excluding hydrogens is 304 g/mol. The quantitative estimate of drug-likeness (QED) is 0.523. The van der Waals surface area contributed by atoms with Crippen LogP contribution in [0, 0.1) is 6.92 Å². The molecule has 3 aromatic carbocycles. The Morgan fingerprint density at radius 3 is 0.880 bits per heavy atom. The summed E-state index contributed by atoms with van der Waals surface area (Å²) < 4.78 is 0. The van der Waals surface area contributed by atoms with E-state index in [0.717, 1.165) is 0 Å². The largest absolute Gasteiger partial charge is 0.333 e. The third-order valence-electron chi connectivity index (χ3n) is 2.60. The summed E-state index contributed by atoms with van der Waals surface area (Å²) in [5.74, 6) is 0. The van der Waals surface area contributed by atoms with E-state index >= 15 is 0 Å². The molecule has 0 radical (unpaired) electrons. The first-order chi connectivity index (χ1) is 12.4.